The van der Waals surface area contributed by atoms with Crippen LogP contribution in [-0.4, -0.2) is 21.7 Å². The van der Waals surface area contributed by atoms with Crippen molar-refractivity contribution >= 4 is 29.4 Å². The first-order valence-electron chi connectivity index (χ1n) is 3.30. The predicted octanol–water partition coefficient (Wildman–Crippen LogP) is -1.52. The molecule has 0 atom stereocenters. The predicted molar refractivity (Wildman–Crippen MR) is 46.6 cm³/mol. The van der Waals surface area contributed by atoms with Crippen LogP contribution in [0.25, 0.3) is 0 Å². The maximum Gasteiger partial charge on any atom is 0.191 e. The molecule has 1 aromatic rings. The summed E-state index contributed by atoms with van der Waals surface area (Å²) in [4.78, 5) is 17.6. The van der Waals surface area contributed by atoms with E-state index in [1.54, 1.807) is 0 Å². The number of hydrogen-bond acceptors (Lipinski definition) is 7. The summed E-state index contributed by atoms with van der Waals surface area (Å²) >= 11 is 0.913. The summed E-state index contributed by atoms with van der Waals surface area (Å²) in [5.74, 6) is -0.973. The Bertz CT molecular complexity index is 310. The Labute approximate surface area is 78.4 Å². The van der Waals surface area contributed by atoms with Crippen LogP contribution in [0.15, 0.2) is 11.2 Å². The van der Waals surface area contributed by atoms with Crippen molar-refractivity contribution in [3.05, 3.63) is 6.07 Å². The fraction of sp³-hybridized carbons (Fsp3) is 0.167. The summed E-state index contributed by atoms with van der Waals surface area (Å²) in [5, 5.41) is 10.3. The van der Waals surface area contributed by atoms with E-state index in [-0.39, 0.29) is 22.5 Å². The highest BCUT2D eigenvalue weighted by molar-refractivity contribution is 7.99. The number of carboxylic acids is 1. The smallest absolute Gasteiger partial charge is 0.191 e. The Morgan fingerprint density at radius 1 is 1.46 bits per heavy atom. The summed E-state index contributed by atoms with van der Waals surface area (Å²) in [5.41, 5.74) is 10.7. The molecule has 0 aliphatic heterocycles. The van der Waals surface area contributed by atoms with Gasteiger partial charge in [-0.05, 0) is 0 Å². The highest BCUT2D eigenvalue weighted by atomic mass is 32.2. The minimum absolute atomic E-state index is 0.216. The van der Waals surface area contributed by atoms with Gasteiger partial charge < -0.3 is 21.4 Å². The topological polar surface area (TPSA) is 118 Å². The van der Waals surface area contributed by atoms with Crippen LogP contribution in [0.2, 0.25) is 0 Å². The molecule has 0 amide bonds. The number of thioether (sulfide) groups is 1. The van der Waals surface area contributed by atoms with Gasteiger partial charge in [-0.3, -0.25) is 0 Å². The summed E-state index contributed by atoms with van der Waals surface area (Å²) < 4.78 is 0. The van der Waals surface area contributed by atoms with Crippen molar-refractivity contribution in [2.24, 2.45) is 0 Å². The molecule has 70 valence electrons. The number of nitrogen functional groups attached to an aromatic ring is 2. The van der Waals surface area contributed by atoms with Gasteiger partial charge in [-0.2, -0.15) is 0 Å². The fourth-order valence-corrected chi connectivity index (χ4v) is 1.24. The van der Waals surface area contributed by atoms with Gasteiger partial charge in [0.05, 0.1) is 5.97 Å². The highest BCUT2D eigenvalue weighted by Crippen LogP contribution is 2.15. The first-order valence-corrected chi connectivity index (χ1v) is 4.29. The van der Waals surface area contributed by atoms with Gasteiger partial charge in [-0.15, -0.1) is 0 Å². The molecule has 4 N–H and O–H groups in total. The van der Waals surface area contributed by atoms with Gasteiger partial charge in [0.1, 0.15) is 11.6 Å². The Morgan fingerprint density at radius 3 is 2.46 bits per heavy atom. The van der Waals surface area contributed by atoms with Gasteiger partial charge in [-0.25, -0.2) is 9.97 Å². The first kappa shape index (κ1) is 9.59. The quantitative estimate of drug-likeness (QED) is 0.448. The lowest BCUT2D eigenvalue weighted by Crippen LogP contribution is -2.24. The zero-order chi connectivity index (χ0) is 9.84. The third-order valence-corrected chi connectivity index (χ3v) is 1.89. The molecular formula is C6H7N4O2S-. The molecule has 0 fully saturated rings. The number of carbonyl (C=O) groups excluding carboxylic acids is 1. The molecule has 0 aromatic carbocycles. The number of hydrogen-bond donors (Lipinski definition) is 2. The molecule has 6 nitrogen and oxygen atoms in total. The van der Waals surface area contributed by atoms with E-state index in [1.165, 1.54) is 6.07 Å². The van der Waals surface area contributed by atoms with Crippen LogP contribution in [0, 0.1) is 0 Å². The van der Waals surface area contributed by atoms with E-state index < -0.39 is 5.97 Å². The molecule has 0 aliphatic carbocycles. The normalized spacial score (nSPS) is 9.85. The van der Waals surface area contributed by atoms with E-state index in [0.29, 0.717) is 0 Å². The van der Waals surface area contributed by atoms with Crippen LogP contribution in [0.3, 0.4) is 0 Å². The van der Waals surface area contributed by atoms with Crippen LogP contribution >= 0.6 is 11.8 Å². The number of aliphatic carboxylic acids is 1. The van der Waals surface area contributed by atoms with Crippen LogP contribution in [0.5, 0.6) is 0 Å². The third kappa shape index (κ3) is 3.16. The molecule has 1 heterocycles. The second-order valence-electron chi connectivity index (χ2n) is 2.16. The van der Waals surface area contributed by atoms with Crippen molar-refractivity contribution in [1.82, 2.24) is 9.97 Å². The minimum Gasteiger partial charge on any atom is -0.549 e. The second-order valence-corrected chi connectivity index (χ2v) is 3.10. The number of carboxylic acid groups (broad SMARTS) is 1. The van der Waals surface area contributed by atoms with Gasteiger partial charge in [-0.1, -0.05) is 11.8 Å². The number of aromatic nitrogens is 2. The van der Waals surface area contributed by atoms with Crippen molar-refractivity contribution in [2.75, 3.05) is 17.2 Å². The molecule has 13 heavy (non-hydrogen) atoms. The lowest BCUT2D eigenvalue weighted by molar-refractivity contribution is -0.301. The molecule has 0 unspecified atom stereocenters. The van der Waals surface area contributed by atoms with Crippen LogP contribution < -0.4 is 16.6 Å². The monoisotopic (exact) mass is 199 g/mol. The van der Waals surface area contributed by atoms with Gasteiger partial charge in [0.25, 0.3) is 0 Å². The summed E-state index contributed by atoms with van der Waals surface area (Å²) in [6, 6.07) is 1.39. The molecule has 0 saturated heterocycles. The average Bonchev–Trinajstić information content (AvgIpc) is 1.99. The van der Waals surface area contributed by atoms with Gasteiger partial charge in [0.15, 0.2) is 5.16 Å². The zero-order valence-corrected chi connectivity index (χ0v) is 7.37. The molecule has 0 spiro atoms. The molecular weight excluding hydrogens is 192 g/mol. The number of anilines is 2. The average molecular weight is 199 g/mol. The van der Waals surface area contributed by atoms with Crippen molar-refractivity contribution < 1.29 is 9.90 Å². The van der Waals surface area contributed by atoms with E-state index >= 15 is 0 Å². The minimum atomic E-state index is -1.19. The van der Waals surface area contributed by atoms with E-state index in [1.807, 2.05) is 0 Å². The summed E-state index contributed by atoms with van der Waals surface area (Å²) in [6.45, 7) is 0. The first-order chi connectivity index (χ1) is 6.08. The van der Waals surface area contributed by atoms with E-state index in [4.69, 9.17) is 11.5 Å². The lowest BCUT2D eigenvalue weighted by Gasteiger charge is -2.02. The third-order valence-electron chi connectivity index (χ3n) is 1.06. The Kier molecular flexibility index (Phi) is 2.91. The maximum atomic E-state index is 10.1. The molecule has 1 aromatic heterocycles. The van der Waals surface area contributed by atoms with Crippen LogP contribution in [0.1, 0.15) is 0 Å². The molecule has 0 bridgehead atoms. The maximum absolute atomic E-state index is 10.1. The Hall–Kier alpha value is -1.50. The van der Waals surface area contributed by atoms with Crippen molar-refractivity contribution in [3.8, 4) is 0 Å². The SMILES string of the molecule is Nc1cc(N)nc(SCC(=O)[O-])n1. The van der Waals surface area contributed by atoms with Gasteiger partial charge in [0.2, 0.25) is 0 Å². The largest absolute Gasteiger partial charge is 0.549 e. The molecule has 7 heteroatoms. The highest BCUT2D eigenvalue weighted by Gasteiger charge is 2.00. The Balaban J connectivity index is 2.71. The van der Waals surface area contributed by atoms with Gasteiger partial charge >= 0.3 is 0 Å². The second kappa shape index (κ2) is 3.94. The van der Waals surface area contributed by atoms with Crippen molar-refractivity contribution in [1.29, 1.82) is 0 Å². The molecule has 0 saturated carbocycles. The van der Waals surface area contributed by atoms with Crippen LogP contribution in [0.4, 0.5) is 11.6 Å². The fourth-order valence-electron chi connectivity index (χ4n) is 0.650. The summed E-state index contributed by atoms with van der Waals surface area (Å²) in [6.07, 6.45) is 0. The van der Waals surface area contributed by atoms with E-state index in [9.17, 15) is 9.90 Å². The van der Waals surface area contributed by atoms with E-state index in [2.05, 4.69) is 9.97 Å². The van der Waals surface area contributed by atoms with Gasteiger partial charge in [0, 0.05) is 11.8 Å². The zero-order valence-electron chi connectivity index (χ0n) is 6.56. The van der Waals surface area contributed by atoms with Crippen LogP contribution in [-0.2, 0) is 4.79 Å². The lowest BCUT2D eigenvalue weighted by atomic mass is 10.5. The molecule has 0 radical (unpaired) electrons. The van der Waals surface area contributed by atoms with E-state index in [0.717, 1.165) is 11.8 Å². The molecule has 0 aliphatic rings. The number of nitrogens with two attached hydrogens (primary N) is 2. The molecule has 1 rings (SSSR count). The Morgan fingerprint density at radius 2 is 2.00 bits per heavy atom. The summed E-state index contributed by atoms with van der Waals surface area (Å²) in [7, 11) is 0. The van der Waals surface area contributed by atoms with Crippen molar-refractivity contribution in [3.63, 3.8) is 0 Å². The van der Waals surface area contributed by atoms with Crippen molar-refractivity contribution in [2.45, 2.75) is 5.16 Å². The standard InChI is InChI=1S/C6H8N4O2S/c7-3-1-4(8)10-6(9-3)13-2-5(11)12/h1H,2H2,(H,11,12)(H4,7,8,9,10)/p-1. The number of nitrogens with zero attached hydrogens (tertiary/aromatic N) is 2. The number of rotatable bonds is 3. The number of carbonyl (C=O) groups is 1.